The third-order valence-electron chi connectivity index (χ3n) is 3.44. The first-order valence-corrected chi connectivity index (χ1v) is 6.26. The Morgan fingerprint density at radius 3 is 2.83 bits per heavy atom. The molecule has 0 atom stereocenters. The van der Waals surface area contributed by atoms with Gasteiger partial charge in [-0.05, 0) is 30.9 Å². The summed E-state index contributed by atoms with van der Waals surface area (Å²) in [4.78, 5) is 13.8. The molecule has 18 heavy (non-hydrogen) atoms. The summed E-state index contributed by atoms with van der Waals surface area (Å²) in [6.45, 7) is 1.70. The van der Waals surface area contributed by atoms with E-state index in [0.29, 0.717) is 5.92 Å². The standard InChI is InChI=1S/C13H19N3O2/c1-15-12(4-7-14-15)2-3-13(18)16-8-5-11(10-17)6-9-16/h2-4,7,11,17H,5-6,8-10H2,1H3/b3-2+. The normalized spacial score (nSPS) is 17.6. The van der Waals surface area contributed by atoms with Crippen LogP contribution in [0.15, 0.2) is 18.3 Å². The average molecular weight is 249 g/mol. The van der Waals surface area contributed by atoms with Gasteiger partial charge in [0.05, 0.1) is 5.69 Å². The molecule has 0 bridgehead atoms. The molecular formula is C13H19N3O2. The number of aliphatic hydroxyl groups excluding tert-OH is 1. The monoisotopic (exact) mass is 249 g/mol. The van der Waals surface area contributed by atoms with E-state index in [-0.39, 0.29) is 12.5 Å². The Hall–Kier alpha value is -1.62. The van der Waals surface area contributed by atoms with Crippen LogP contribution in [0.3, 0.4) is 0 Å². The molecule has 0 spiro atoms. The van der Waals surface area contributed by atoms with Gasteiger partial charge in [-0.15, -0.1) is 0 Å². The summed E-state index contributed by atoms with van der Waals surface area (Å²) in [5, 5.41) is 13.1. The van der Waals surface area contributed by atoms with E-state index in [1.807, 2.05) is 18.0 Å². The fraction of sp³-hybridized carbons (Fsp3) is 0.538. The summed E-state index contributed by atoms with van der Waals surface area (Å²) in [6, 6.07) is 1.86. The van der Waals surface area contributed by atoms with Crippen molar-refractivity contribution in [1.29, 1.82) is 0 Å². The number of hydrogen-bond acceptors (Lipinski definition) is 3. The summed E-state index contributed by atoms with van der Waals surface area (Å²) < 4.78 is 1.72. The van der Waals surface area contributed by atoms with Gasteiger partial charge in [0.25, 0.3) is 0 Å². The second-order valence-electron chi connectivity index (χ2n) is 4.66. The van der Waals surface area contributed by atoms with Gasteiger partial charge in [0.2, 0.25) is 5.91 Å². The number of carbonyl (C=O) groups is 1. The predicted molar refractivity (Wildman–Crippen MR) is 68.6 cm³/mol. The van der Waals surface area contributed by atoms with Crippen LogP contribution in [-0.2, 0) is 11.8 Å². The molecule has 5 nitrogen and oxygen atoms in total. The highest BCUT2D eigenvalue weighted by Gasteiger charge is 2.20. The molecule has 1 fully saturated rings. The van der Waals surface area contributed by atoms with Crippen LogP contribution >= 0.6 is 0 Å². The van der Waals surface area contributed by atoms with E-state index in [4.69, 9.17) is 5.11 Å². The highest BCUT2D eigenvalue weighted by Crippen LogP contribution is 2.16. The number of aliphatic hydroxyl groups is 1. The van der Waals surface area contributed by atoms with Crippen LogP contribution < -0.4 is 0 Å². The second-order valence-corrected chi connectivity index (χ2v) is 4.66. The molecule has 0 saturated carbocycles. The van der Waals surface area contributed by atoms with E-state index in [0.717, 1.165) is 31.6 Å². The van der Waals surface area contributed by atoms with Crippen molar-refractivity contribution in [3.63, 3.8) is 0 Å². The van der Waals surface area contributed by atoms with E-state index in [2.05, 4.69) is 5.10 Å². The van der Waals surface area contributed by atoms with Gasteiger partial charge in [-0.1, -0.05) is 0 Å². The first kappa shape index (κ1) is 12.8. The summed E-state index contributed by atoms with van der Waals surface area (Å²) in [5.74, 6) is 0.391. The van der Waals surface area contributed by atoms with Gasteiger partial charge in [0.1, 0.15) is 0 Å². The molecule has 2 rings (SSSR count). The third-order valence-corrected chi connectivity index (χ3v) is 3.44. The lowest BCUT2D eigenvalue weighted by atomic mass is 9.98. The van der Waals surface area contributed by atoms with Crippen LogP contribution in [0.4, 0.5) is 0 Å². The molecule has 1 amide bonds. The largest absolute Gasteiger partial charge is 0.396 e. The molecule has 0 unspecified atom stereocenters. The number of carbonyl (C=O) groups excluding carboxylic acids is 1. The van der Waals surface area contributed by atoms with E-state index in [1.165, 1.54) is 0 Å². The van der Waals surface area contributed by atoms with Crippen LogP contribution in [0.5, 0.6) is 0 Å². The van der Waals surface area contributed by atoms with E-state index >= 15 is 0 Å². The Morgan fingerprint density at radius 2 is 2.28 bits per heavy atom. The summed E-state index contributed by atoms with van der Waals surface area (Å²) >= 11 is 0. The topological polar surface area (TPSA) is 58.4 Å². The number of amides is 1. The zero-order chi connectivity index (χ0) is 13.0. The van der Waals surface area contributed by atoms with Crippen LogP contribution in [0.25, 0.3) is 6.08 Å². The van der Waals surface area contributed by atoms with Gasteiger partial charge in [0.15, 0.2) is 0 Å². The zero-order valence-electron chi connectivity index (χ0n) is 10.6. The first-order chi connectivity index (χ1) is 8.70. The van der Waals surface area contributed by atoms with Crippen molar-refractivity contribution in [2.75, 3.05) is 19.7 Å². The fourth-order valence-corrected chi connectivity index (χ4v) is 2.15. The maximum absolute atomic E-state index is 11.9. The lowest BCUT2D eigenvalue weighted by molar-refractivity contribution is -0.127. The molecule has 2 heterocycles. The molecular weight excluding hydrogens is 230 g/mol. The van der Waals surface area contributed by atoms with Crippen LogP contribution in [0.1, 0.15) is 18.5 Å². The first-order valence-electron chi connectivity index (χ1n) is 6.26. The maximum atomic E-state index is 11.9. The number of likely N-dealkylation sites (tertiary alicyclic amines) is 1. The van der Waals surface area contributed by atoms with E-state index in [1.54, 1.807) is 23.0 Å². The fourth-order valence-electron chi connectivity index (χ4n) is 2.15. The molecule has 5 heteroatoms. The van der Waals surface area contributed by atoms with Gasteiger partial charge in [0, 0.05) is 39.0 Å². The minimum absolute atomic E-state index is 0.0348. The smallest absolute Gasteiger partial charge is 0.246 e. The zero-order valence-corrected chi connectivity index (χ0v) is 10.6. The van der Waals surface area contributed by atoms with Crippen molar-refractivity contribution < 1.29 is 9.90 Å². The second kappa shape index (κ2) is 5.82. The Bertz CT molecular complexity index is 431. The Morgan fingerprint density at radius 1 is 1.56 bits per heavy atom. The summed E-state index contributed by atoms with van der Waals surface area (Å²) in [7, 11) is 1.84. The molecule has 1 aliphatic rings. The SMILES string of the molecule is Cn1nccc1/C=C/C(=O)N1CCC(CO)CC1. The number of aryl methyl sites for hydroxylation is 1. The maximum Gasteiger partial charge on any atom is 0.246 e. The van der Waals surface area contributed by atoms with Crippen LogP contribution in [-0.4, -0.2) is 45.4 Å². The Balaban J connectivity index is 1.89. The Kier molecular flexibility index (Phi) is 4.15. The van der Waals surface area contributed by atoms with Crippen LogP contribution in [0, 0.1) is 5.92 Å². The number of hydrogen-bond donors (Lipinski definition) is 1. The van der Waals surface area contributed by atoms with Crippen molar-refractivity contribution in [2.45, 2.75) is 12.8 Å². The van der Waals surface area contributed by atoms with Crippen molar-refractivity contribution >= 4 is 12.0 Å². The minimum Gasteiger partial charge on any atom is -0.396 e. The number of rotatable bonds is 3. The Labute approximate surface area is 107 Å². The summed E-state index contributed by atoms with van der Waals surface area (Å²) in [6.07, 6.45) is 6.87. The molecule has 1 N–H and O–H groups in total. The molecule has 1 aliphatic heterocycles. The van der Waals surface area contributed by atoms with Crippen molar-refractivity contribution in [3.05, 3.63) is 24.0 Å². The van der Waals surface area contributed by atoms with Crippen molar-refractivity contribution in [2.24, 2.45) is 13.0 Å². The van der Waals surface area contributed by atoms with Gasteiger partial charge < -0.3 is 10.0 Å². The van der Waals surface area contributed by atoms with Gasteiger partial charge >= 0.3 is 0 Å². The van der Waals surface area contributed by atoms with Gasteiger partial charge in [-0.2, -0.15) is 5.10 Å². The molecule has 0 aliphatic carbocycles. The highest BCUT2D eigenvalue weighted by atomic mass is 16.3. The molecule has 1 aromatic heterocycles. The van der Waals surface area contributed by atoms with Crippen molar-refractivity contribution in [1.82, 2.24) is 14.7 Å². The van der Waals surface area contributed by atoms with Gasteiger partial charge in [-0.25, -0.2) is 0 Å². The average Bonchev–Trinajstić information content (AvgIpc) is 2.81. The molecule has 1 saturated heterocycles. The number of aromatic nitrogens is 2. The lowest BCUT2D eigenvalue weighted by Gasteiger charge is -2.30. The third kappa shape index (κ3) is 2.98. The predicted octanol–water partition coefficient (Wildman–Crippen LogP) is 0.664. The molecule has 1 aromatic rings. The number of nitrogens with zero attached hydrogens (tertiary/aromatic N) is 3. The highest BCUT2D eigenvalue weighted by molar-refractivity contribution is 5.91. The van der Waals surface area contributed by atoms with Gasteiger partial charge in [-0.3, -0.25) is 9.48 Å². The van der Waals surface area contributed by atoms with E-state index in [9.17, 15) is 4.79 Å². The quantitative estimate of drug-likeness (QED) is 0.801. The summed E-state index contributed by atoms with van der Waals surface area (Å²) in [5.41, 5.74) is 0.911. The molecule has 0 aromatic carbocycles. The lowest BCUT2D eigenvalue weighted by Crippen LogP contribution is -2.38. The molecule has 0 radical (unpaired) electrons. The van der Waals surface area contributed by atoms with Crippen molar-refractivity contribution in [3.8, 4) is 0 Å². The number of piperidine rings is 1. The van der Waals surface area contributed by atoms with E-state index < -0.39 is 0 Å². The molecule has 98 valence electrons. The minimum atomic E-state index is 0.0348. The van der Waals surface area contributed by atoms with Crippen LogP contribution in [0.2, 0.25) is 0 Å².